The van der Waals surface area contributed by atoms with E-state index in [-0.39, 0.29) is 17.9 Å². The molecule has 1 amide bonds. The van der Waals surface area contributed by atoms with E-state index >= 15 is 0 Å². The first kappa shape index (κ1) is 18.0. The van der Waals surface area contributed by atoms with Gasteiger partial charge in [0.1, 0.15) is 0 Å². The van der Waals surface area contributed by atoms with Gasteiger partial charge in [0.2, 0.25) is 5.91 Å². The van der Waals surface area contributed by atoms with Crippen molar-refractivity contribution in [2.75, 3.05) is 19.6 Å². The monoisotopic (exact) mass is 317 g/mol. The van der Waals surface area contributed by atoms with E-state index in [1.807, 2.05) is 37.3 Å². The van der Waals surface area contributed by atoms with E-state index in [9.17, 15) is 4.79 Å². The fourth-order valence-electron chi connectivity index (χ4n) is 3.29. The van der Waals surface area contributed by atoms with E-state index in [2.05, 4.69) is 24.1 Å². The zero-order valence-electron chi connectivity index (χ0n) is 14.7. The minimum absolute atomic E-state index is 0.0401. The van der Waals surface area contributed by atoms with Gasteiger partial charge in [-0.2, -0.15) is 0 Å². The van der Waals surface area contributed by atoms with Gasteiger partial charge in [0.15, 0.2) is 0 Å². The summed E-state index contributed by atoms with van der Waals surface area (Å²) in [5.74, 6) is 0.565. The summed E-state index contributed by atoms with van der Waals surface area (Å²) in [6.07, 6.45) is 2.58. The fourth-order valence-corrected chi connectivity index (χ4v) is 3.29. The van der Waals surface area contributed by atoms with Gasteiger partial charge in [0, 0.05) is 25.2 Å². The van der Waals surface area contributed by atoms with Gasteiger partial charge in [-0.25, -0.2) is 0 Å². The number of rotatable bonds is 6. The molecule has 1 saturated heterocycles. The Hall–Kier alpha value is -1.39. The van der Waals surface area contributed by atoms with Crippen LogP contribution in [0.5, 0.6) is 0 Å². The van der Waals surface area contributed by atoms with Crippen LogP contribution in [0.1, 0.15) is 45.2 Å². The van der Waals surface area contributed by atoms with Crippen LogP contribution in [-0.2, 0) is 4.79 Å². The average Bonchev–Trinajstić information content (AvgIpc) is 2.58. The Labute approximate surface area is 140 Å². The number of carbonyl (C=O) groups is 1. The number of hydrogen-bond donors (Lipinski definition) is 2. The number of amides is 1. The minimum atomic E-state index is -0.262. The van der Waals surface area contributed by atoms with Crippen LogP contribution in [0, 0.1) is 11.8 Å². The molecule has 4 heteroatoms. The van der Waals surface area contributed by atoms with Crippen LogP contribution in [0.4, 0.5) is 0 Å². The number of nitrogens with zero attached hydrogens (tertiary/aromatic N) is 1. The molecule has 0 radical (unpaired) electrons. The number of piperidine rings is 1. The lowest BCUT2D eigenvalue weighted by atomic mass is 9.94. The smallest absolute Gasteiger partial charge is 0.224 e. The second-order valence-corrected chi connectivity index (χ2v) is 7.06. The van der Waals surface area contributed by atoms with Crippen molar-refractivity contribution in [3.8, 4) is 0 Å². The number of nitrogens with two attached hydrogens (primary N) is 1. The van der Waals surface area contributed by atoms with E-state index in [1.54, 1.807) is 0 Å². The van der Waals surface area contributed by atoms with Crippen LogP contribution in [0.15, 0.2) is 30.3 Å². The summed E-state index contributed by atoms with van der Waals surface area (Å²) in [5, 5.41) is 3.08. The van der Waals surface area contributed by atoms with Crippen LogP contribution in [-0.4, -0.2) is 36.5 Å². The minimum Gasteiger partial charge on any atom is -0.354 e. The number of hydrogen-bond acceptors (Lipinski definition) is 3. The zero-order chi connectivity index (χ0) is 16.8. The predicted molar refractivity (Wildman–Crippen MR) is 95.0 cm³/mol. The van der Waals surface area contributed by atoms with E-state index in [1.165, 1.54) is 12.8 Å². The quantitative estimate of drug-likeness (QED) is 0.848. The Morgan fingerprint density at radius 2 is 2.04 bits per heavy atom. The van der Waals surface area contributed by atoms with Crippen molar-refractivity contribution < 1.29 is 4.79 Å². The van der Waals surface area contributed by atoms with E-state index < -0.39 is 0 Å². The summed E-state index contributed by atoms with van der Waals surface area (Å²) in [6, 6.07) is 9.95. The van der Waals surface area contributed by atoms with Crippen molar-refractivity contribution in [2.45, 2.75) is 45.7 Å². The molecule has 23 heavy (non-hydrogen) atoms. The second kappa shape index (κ2) is 8.46. The molecule has 1 aliphatic heterocycles. The lowest BCUT2D eigenvalue weighted by molar-refractivity contribution is -0.125. The van der Waals surface area contributed by atoms with Crippen LogP contribution >= 0.6 is 0 Å². The Bertz CT molecular complexity index is 491. The highest BCUT2D eigenvalue weighted by atomic mass is 16.1. The Balaban J connectivity index is 1.81. The first-order valence-corrected chi connectivity index (χ1v) is 8.81. The molecular weight excluding hydrogens is 286 g/mol. The van der Waals surface area contributed by atoms with Crippen molar-refractivity contribution in [3.63, 3.8) is 0 Å². The van der Waals surface area contributed by atoms with Gasteiger partial charge in [-0.05, 0) is 37.8 Å². The van der Waals surface area contributed by atoms with Crippen molar-refractivity contribution >= 4 is 5.91 Å². The highest BCUT2D eigenvalue weighted by Gasteiger charge is 2.24. The molecule has 3 N–H and O–H groups in total. The summed E-state index contributed by atoms with van der Waals surface area (Å²) < 4.78 is 0. The summed E-state index contributed by atoms with van der Waals surface area (Å²) in [5.41, 5.74) is 7.24. The zero-order valence-corrected chi connectivity index (χ0v) is 14.7. The lowest BCUT2D eigenvalue weighted by Crippen LogP contribution is -2.47. The third-order valence-electron chi connectivity index (χ3n) is 5.02. The van der Waals surface area contributed by atoms with Gasteiger partial charge < -0.3 is 11.1 Å². The fraction of sp³-hybridized carbons (Fsp3) is 0.632. The van der Waals surface area contributed by atoms with Crippen molar-refractivity contribution in [1.29, 1.82) is 0 Å². The normalized spacial score (nSPS) is 23.0. The molecule has 4 unspecified atom stereocenters. The Morgan fingerprint density at radius 1 is 1.35 bits per heavy atom. The maximum atomic E-state index is 12.4. The molecule has 4 atom stereocenters. The van der Waals surface area contributed by atoms with Crippen LogP contribution < -0.4 is 11.1 Å². The van der Waals surface area contributed by atoms with Gasteiger partial charge in [0.05, 0.1) is 5.92 Å². The third kappa shape index (κ3) is 5.05. The summed E-state index contributed by atoms with van der Waals surface area (Å²) in [4.78, 5) is 14.9. The molecule has 128 valence electrons. The van der Waals surface area contributed by atoms with Crippen molar-refractivity contribution in [2.24, 2.45) is 17.6 Å². The van der Waals surface area contributed by atoms with Gasteiger partial charge in [-0.15, -0.1) is 0 Å². The summed E-state index contributed by atoms with van der Waals surface area (Å²) in [7, 11) is 0. The average molecular weight is 317 g/mol. The molecule has 0 aromatic heterocycles. The summed E-state index contributed by atoms with van der Waals surface area (Å²) >= 11 is 0. The molecular formula is C19H31N3O. The Morgan fingerprint density at radius 3 is 2.70 bits per heavy atom. The van der Waals surface area contributed by atoms with Crippen LogP contribution in [0.25, 0.3) is 0 Å². The second-order valence-electron chi connectivity index (χ2n) is 7.06. The van der Waals surface area contributed by atoms with E-state index in [0.717, 1.165) is 24.6 Å². The van der Waals surface area contributed by atoms with Crippen molar-refractivity contribution in [3.05, 3.63) is 35.9 Å². The highest BCUT2D eigenvalue weighted by Crippen LogP contribution is 2.20. The largest absolute Gasteiger partial charge is 0.354 e. The van der Waals surface area contributed by atoms with E-state index in [0.29, 0.717) is 12.6 Å². The highest BCUT2D eigenvalue weighted by molar-refractivity contribution is 5.79. The molecule has 1 aromatic rings. The molecule has 0 spiro atoms. The SMILES string of the molecule is CC1CCCN(C(C)CNC(=O)C(C)C(N)c2ccccc2)C1. The van der Waals surface area contributed by atoms with Gasteiger partial charge in [-0.1, -0.05) is 44.2 Å². The van der Waals surface area contributed by atoms with Gasteiger partial charge in [-0.3, -0.25) is 9.69 Å². The standard InChI is InChI=1S/C19H31N3O/c1-14-8-7-11-22(13-14)15(2)12-21-19(23)16(3)18(20)17-9-5-4-6-10-17/h4-6,9-10,14-16,18H,7-8,11-13,20H2,1-3H3,(H,21,23). The number of likely N-dealkylation sites (tertiary alicyclic amines) is 1. The topological polar surface area (TPSA) is 58.4 Å². The van der Waals surface area contributed by atoms with Crippen LogP contribution in [0.3, 0.4) is 0 Å². The molecule has 1 fully saturated rings. The maximum absolute atomic E-state index is 12.4. The predicted octanol–water partition coefficient (Wildman–Crippen LogP) is 2.56. The lowest BCUT2D eigenvalue weighted by Gasteiger charge is -2.35. The molecule has 0 saturated carbocycles. The molecule has 4 nitrogen and oxygen atoms in total. The summed E-state index contributed by atoms with van der Waals surface area (Å²) in [6.45, 7) is 9.37. The third-order valence-corrected chi connectivity index (χ3v) is 5.02. The van der Waals surface area contributed by atoms with E-state index in [4.69, 9.17) is 5.73 Å². The number of carbonyl (C=O) groups excluding carboxylic acids is 1. The number of nitrogens with one attached hydrogen (secondary N) is 1. The molecule has 0 aliphatic carbocycles. The molecule has 1 aromatic carbocycles. The molecule has 2 rings (SSSR count). The molecule has 1 heterocycles. The first-order valence-electron chi connectivity index (χ1n) is 8.81. The van der Waals surface area contributed by atoms with Gasteiger partial charge >= 0.3 is 0 Å². The molecule has 1 aliphatic rings. The van der Waals surface area contributed by atoms with Crippen LogP contribution in [0.2, 0.25) is 0 Å². The Kier molecular flexibility index (Phi) is 6.60. The maximum Gasteiger partial charge on any atom is 0.224 e. The van der Waals surface area contributed by atoms with Gasteiger partial charge in [0.25, 0.3) is 0 Å². The van der Waals surface area contributed by atoms with Crippen molar-refractivity contribution in [1.82, 2.24) is 10.2 Å². The molecule has 0 bridgehead atoms. The first-order chi connectivity index (χ1) is 11.0. The number of benzene rings is 1.